The van der Waals surface area contributed by atoms with Crippen LogP contribution in [0.4, 0.5) is 5.13 Å². The van der Waals surface area contributed by atoms with E-state index in [0.29, 0.717) is 5.13 Å². The number of aromatic nitrogens is 3. The average Bonchev–Trinajstić information content (AvgIpc) is 3.14. The van der Waals surface area contributed by atoms with Crippen molar-refractivity contribution in [3.63, 3.8) is 0 Å². The number of anilines is 1. The Hall–Kier alpha value is -2.51. The van der Waals surface area contributed by atoms with Gasteiger partial charge in [-0.15, -0.1) is 11.3 Å². The molecule has 0 spiro atoms. The van der Waals surface area contributed by atoms with Crippen molar-refractivity contribution in [1.82, 2.24) is 19.7 Å². The summed E-state index contributed by atoms with van der Waals surface area (Å²) >= 11 is 1.55. The van der Waals surface area contributed by atoms with E-state index in [-0.39, 0.29) is 5.91 Å². The fourth-order valence-corrected chi connectivity index (χ4v) is 4.52. The zero-order chi connectivity index (χ0) is 18.8. The van der Waals surface area contributed by atoms with Gasteiger partial charge in [0.15, 0.2) is 5.13 Å². The van der Waals surface area contributed by atoms with Gasteiger partial charge in [0.05, 0.1) is 5.69 Å². The van der Waals surface area contributed by atoms with Gasteiger partial charge in [0, 0.05) is 67.9 Å². The molecule has 1 aliphatic rings. The SMILES string of the molecule is CC(=O)Nc1ncc(CN2CCc3c(-c4ccccc4)nn(C)c3CC2)s1. The smallest absolute Gasteiger partial charge is 0.223 e. The highest BCUT2D eigenvalue weighted by atomic mass is 32.1. The molecule has 140 valence electrons. The third-order valence-electron chi connectivity index (χ3n) is 4.88. The Morgan fingerprint density at radius 1 is 1.22 bits per heavy atom. The number of thiazole rings is 1. The molecule has 7 heteroatoms. The van der Waals surface area contributed by atoms with Crippen LogP contribution in [0.3, 0.4) is 0 Å². The molecular formula is C20H23N5OS. The molecule has 2 aromatic heterocycles. The molecule has 27 heavy (non-hydrogen) atoms. The molecule has 0 bridgehead atoms. The van der Waals surface area contributed by atoms with Gasteiger partial charge in [-0.05, 0) is 6.42 Å². The van der Waals surface area contributed by atoms with Crippen LogP contribution >= 0.6 is 11.3 Å². The van der Waals surface area contributed by atoms with Crippen LogP contribution < -0.4 is 5.32 Å². The summed E-state index contributed by atoms with van der Waals surface area (Å²) in [6, 6.07) is 10.4. The minimum Gasteiger partial charge on any atom is -0.302 e. The second kappa shape index (κ2) is 7.62. The molecular weight excluding hydrogens is 358 g/mol. The lowest BCUT2D eigenvalue weighted by atomic mass is 10.0. The largest absolute Gasteiger partial charge is 0.302 e. The minimum absolute atomic E-state index is 0.0814. The van der Waals surface area contributed by atoms with E-state index in [4.69, 9.17) is 5.10 Å². The van der Waals surface area contributed by atoms with Crippen molar-refractivity contribution < 1.29 is 4.79 Å². The van der Waals surface area contributed by atoms with Crippen LogP contribution in [0.5, 0.6) is 0 Å². The molecule has 1 aliphatic heterocycles. The van der Waals surface area contributed by atoms with Gasteiger partial charge in [-0.2, -0.15) is 5.10 Å². The highest BCUT2D eigenvalue weighted by molar-refractivity contribution is 7.15. The van der Waals surface area contributed by atoms with Gasteiger partial charge >= 0.3 is 0 Å². The molecule has 0 saturated carbocycles. The normalized spacial score (nSPS) is 14.6. The first-order valence-corrected chi connectivity index (χ1v) is 9.96. The van der Waals surface area contributed by atoms with Crippen LogP contribution in [0.1, 0.15) is 23.1 Å². The Balaban J connectivity index is 1.49. The molecule has 0 aliphatic carbocycles. The Kier molecular flexibility index (Phi) is 5.05. The van der Waals surface area contributed by atoms with Gasteiger partial charge in [0.25, 0.3) is 0 Å². The summed E-state index contributed by atoms with van der Waals surface area (Å²) in [4.78, 5) is 19.1. The molecule has 3 heterocycles. The predicted octanol–water partition coefficient (Wildman–Crippen LogP) is 3.10. The molecule has 4 rings (SSSR count). The van der Waals surface area contributed by atoms with E-state index in [2.05, 4.69) is 39.5 Å². The van der Waals surface area contributed by atoms with Crippen LogP contribution in [0, 0.1) is 0 Å². The van der Waals surface area contributed by atoms with Crippen molar-refractivity contribution in [2.75, 3.05) is 18.4 Å². The number of nitrogens with one attached hydrogen (secondary N) is 1. The Morgan fingerprint density at radius 3 is 2.78 bits per heavy atom. The summed E-state index contributed by atoms with van der Waals surface area (Å²) < 4.78 is 2.04. The Bertz CT molecular complexity index is 947. The van der Waals surface area contributed by atoms with Crippen LogP contribution in [0.25, 0.3) is 11.3 Å². The number of hydrogen-bond acceptors (Lipinski definition) is 5. The predicted molar refractivity (Wildman–Crippen MR) is 108 cm³/mol. The first-order valence-electron chi connectivity index (χ1n) is 9.15. The lowest BCUT2D eigenvalue weighted by Gasteiger charge is -2.18. The first-order chi connectivity index (χ1) is 13.1. The maximum absolute atomic E-state index is 11.2. The number of benzene rings is 1. The second-order valence-corrected chi connectivity index (χ2v) is 7.97. The maximum Gasteiger partial charge on any atom is 0.223 e. The van der Waals surface area contributed by atoms with E-state index in [9.17, 15) is 4.79 Å². The molecule has 0 atom stereocenters. The van der Waals surface area contributed by atoms with E-state index in [1.165, 1.54) is 28.6 Å². The summed E-state index contributed by atoms with van der Waals surface area (Å²) in [5.41, 5.74) is 5.00. The number of nitrogens with zero attached hydrogens (tertiary/aromatic N) is 4. The van der Waals surface area contributed by atoms with Gasteiger partial charge in [0.2, 0.25) is 5.91 Å². The molecule has 3 aromatic rings. The van der Waals surface area contributed by atoms with Crippen LogP contribution in [0.2, 0.25) is 0 Å². The van der Waals surface area contributed by atoms with Crippen LogP contribution in [-0.2, 0) is 31.2 Å². The van der Waals surface area contributed by atoms with Crippen LogP contribution in [-0.4, -0.2) is 38.7 Å². The van der Waals surface area contributed by atoms with Gasteiger partial charge in [-0.25, -0.2) is 4.98 Å². The van der Waals surface area contributed by atoms with Gasteiger partial charge in [-0.1, -0.05) is 30.3 Å². The number of hydrogen-bond donors (Lipinski definition) is 1. The molecule has 0 unspecified atom stereocenters. The van der Waals surface area contributed by atoms with E-state index >= 15 is 0 Å². The Labute approximate surface area is 162 Å². The summed E-state index contributed by atoms with van der Waals surface area (Å²) in [5.74, 6) is -0.0814. The molecule has 1 N–H and O–H groups in total. The molecule has 6 nitrogen and oxygen atoms in total. The molecule has 1 amide bonds. The summed E-state index contributed by atoms with van der Waals surface area (Å²) in [7, 11) is 2.05. The van der Waals surface area contributed by atoms with E-state index in [0.717, 1.165) is 38.2 Å². The number of fused-ring (bicyclic) bond motifs is 1. The molecule has 1 aromatic carbocycles. The van der Waals surface area contributed by atoms with Gasteiger partial charge in [0.1, 0.15) is 0 Å². The quantitative estimate of drug-likeness (QED) is 0.754. The zero-order valence-corrected chi connectivity index (χ0v) is 16.4. The fraction of sp³-hybridized carbons (Fsp3) is 0.350. The van der Waals surface area contributed by atoms with Crippen molar-refractivity contribution in [3.8, 4) is 11.3 Å². The summed E-state index contributed by atoms with van der Waals surface area (Å²) in [5, 5.41) is 8.22. The molecule has 0 radical (unpaired) electrons. The van der Waals surface area contributed by atoms with E-state index in [1.807, 2.05) is 24.0 Å². The van der Waals surface area contributed by atoms with Crippen molar-refractivity contribution in [2.24, 2.45) is 7.05 Å². The second-order valence-electron chi connectivity index (χ2n) is 6.85. The number of carbonyl (C=O) groups is 1. The maximum atomic E-state index is 11.2. The first kappa shape index (κ1) is 17.9. The molecule has 0 saturated heterocycles. The van der Waals surface area contributed by atoms with Crippen molar-refractivity contribution in [3.05, 3.63) is 52.7 Å². The highest BCUT2D eigenvalue weighted by Crippen LogP contribution is 2.28. The van der Waals surface area contributed by atoms with Crippen molar-refractivity contribution in [1.29, 1.82) is 0 Å². The fourth-order valence-electron chi connectivity index (χ4n) is 3.62. The minimum atomic E-state index is -0.0814. The van der Waals surface area contributed by atoms with Gasteiger partial charge in [-0.3, -0.25) is 14.4 Å². The Morgan fingerprint density at radius 2 is 2.00 bits per heavy atom. The number of carbonyl (C=O) groups excluding carboxylic acids is 1. The molecule has 0 fully saturated rings. The lowest BCUT2D eigenvalue weighted by Crippen LogP contribution is -2.25. The lowest BCUT2D eigenvalue weighted by molar-refractivity contribution is -0.114. The summed E-state index contributed by atoms with van der Waals surface area (Å²) in [6.45, 7) is 4.35. The average molecular weight is 382 g/mol. The van der Waals surface area contributed by atoms with Crippen LogP contribution in [0.15, 0.2) is 36.5 Å². The topological polar surface area (TPSA) is 63.1 Å². The number of rotatable bonds is 4. The number of amides is 1. The monoisotopic (exact) mass is 381 g/mol. The zero-order valence-electron chi connectivity index (χ0n) is 15.6. The number of aryl methyl sites for hydroxylation is 1. The van der Waals surface area contributed by atoms with E-state index in [1.54, 1.807) is 11.3 Å². The van der Waals surface area contributed by atoms with Gasteiger partial charge < -0.3 is 5.32 Å². The highest BCUT2D eigenvalue weighted by Gasteiger charge is 2.22. The third kappa shape index (κ3) is 3.94. The van der Waals surface area contributed by atoms with Crippen molar-refractivity contribution in [2.45, 2.75) is 26.3 Å². The van der Waals surface area contributed by atoms with E-state index < -0.39 is 0 Å². The third-order valence-corrected chi connectivity index (χ3v) is 5.78. The summed E-state index contributed by atoms with van der Waals surface area (Å²) in [6.07, 6.45) is 3.85. The standard InChI is InChI=1S/C20H23N5OS/c1-14(26)22-20-21-12-16(27-20)13-25-10-8-17-18(9-11-25)24(2)23-19(17)15-6-4-3-5-7-15/h3-7,12H,8-11,13H2,1-2H3,(H,21,22,26). The van der Waals surface area contributed by atoms with Crippen molar-refractivity contribution >= 4 is 22.4 Å².